The molecule has 0 bridgehead atoms. The highest BCUT2D eigenvalue weighted by Gasteiger charge is 2.09. The van der Waals surface area contributed by atoms with Crippen LogP contribution in [0.2, 0.25) is 15.1 Å². The molecule has 0 radical (unpaired) electrons. The van der Waals surface area contributed by atoms with E-state index in [0.29, 0.717) is 26.2 Å². The van der Waals surface area contributed by atoms with Gasteiger partial charge in [-0.15, -0.1) is 0 Å². The fourth-order valence-corrected chi connectivity index (χ4v) is 3.01. The summed E-state index contributed by atoms with van der Waals surface area (Å²) in [5.41, 5.74) is 6.89. The Morgan fingerprint density at radius 2 is 1.58 bits per heavy atom. The van der Waals surface area contributed by atoms with Crippen molar-refractivity contribution in [2.75, 3.05) is 5.75 Å². The molecule has 2 aromatic rings. The average Bonchev–Trinajstić information content (AvgIpc) is 2.52. The van der Waals surface area contributed by atoms with Crippen LogP contribution in [0.25, 0.3) is 0 Å². The van der Waals surface area contributed by atoms with E-state index in [-0.39, 0.29) is 22.5 Å². The van der Waals surface area contributed by atoms with Crippen molar-refractivity contribution in [3.05, 3.63) is 68.7 Å². The van der Waals surface area contributed by atoms with Crippen molar-refractivity contribution < 1.29 is 4.79 Å². The molecule has 0 saturated heterocycles. The van der Waals surface area contributed by atoms with Crippen LogP contribution in [0.15, 0.2) is 47.5 Å². The number of halogens is 3. The second kappa shape index (κ2) is 8.53. The number of Topliss-reactive ketones (excluding diaryl/α,β-unsaturated/α-hetero) is 1. The molecule has 0 amide bonds. The number of carbonyl (C=O) groups is 1. The van der Waals surface area contributed by atoms with Gasteiger partial charge in [0.05, 0.1) is 5.75 Å². The second-order valence-corrected chi connectivity index (χ2v) is 6.95. The van der Waals surface area contributed by atoms with Crippen LogP contribution in [0, 0.1) is 5.41 Å². The standard InChI is InChI=1S/C16H12Cl3N3OS/c17-11-3-1-9(2-4-11)14(23)8-24-16(21)22-15(20)10-5-12(18)7-13(19)6-10/h1-7H,8H2,(H3,20,21,22). The van der Waals surface area contributed by atoms with Gasteiger partial charge in [0.15, 0.2) is 11.0 Å². The SMILES string of the molecule is N=C(/N=C(\N)c1cc(Cl)cc(Cl)c1)SCC(=O)c1ccc(Cl)cc1. The van der Waals surface area contributed by atoms with Gasteiger partial charge in [0.1, 0.15) is 5.84 Å². The Hall–Kier alpha value is -1.53. The molecular weight excluding hydrogens is 389 g/mol. The molecule has 0 saturated carbocycles. The molecule has 8 heteroatoms. The molecule has 0 spiro atoms. The van der Waals surface area contributed by atoms with Crippen LogP contribution >= 0.6 is 46.6 Å². The Kier molecular flexibility index (Phi) is 6.69. The molecule has 0 heterocycles. The van der Waals surface area contributed by atoms with Gasteiger partial charge >= 0.3 is 0 Å². The lowest BCUT2D eigenvalue weighted by atomic mass is 10.1. The second-order valence-electron chi connectivity index (χ2n) is 4.68. The number of amidine groups is 2. The zero-order chi connectivity index (χ0) is 17.7. The Morgan fingerprint density at radius 1 is 1.00 bits per heavy atom. The summed E-state index contributed by atoms with van der Waals surface area (Å²) in [6.45, 7) is 0. The first-order valence-corrected chi connectivity index (χ1v) is 8.78. The fraction of sp³-hybridized carbons (Fsp3) is 0.0625. The monoisotopic (exact) mass is 399 g/mol. The van der Waals surface area contributed by atoms with E-state index in [1.165, 1.54) is 0 Å². The Bertz CT molecular complexity index is 786. The third-order valence-electron chi connectivity index (χ3n) is 2.89. The Balaban J connectivity index is 1.99. The van der Waals surface area contributed by atoms with E-state index in [9.17, 15) is 4.79 Å². The van der Waals surface area contributed by atoms with Gasteiger partial charge in [0, 0.05) is 26.2 Å². The summed E-state index contributed by atoms with van der Waals surface area (Å²) >= 11 is 18.6. The Morgan fingerprint density at radius 3 is 2.17 bits per heavy atom. The molecule has 0 atom stereocenters. The van der Waals surface area contributed by atoms with Crippen molar-refractivity contribution in [2.24, 2.45) is 10.7 Å². The first kappa shape index (κ1) is 18.8. The van der Waals surface area contributed by atoms with Crippen LogP contribution in [0.1, 0.15) is 15.9 Å². The normalized spacial score (nSPS) is 11.4. The van der Waals surface area contributed by atoms with E-state index >= 15 is 0 Å². The molecule has 0 aromatic heterocycles. The van der Waals surface area contributed by atoms with E-state index in [1.807, 2.05) is 0 Å². The summed E-state index contributed by atoms with van der Waals surface area (Å²) in [5.74, 6) is 0.0601. The van der Waals surface area contributed by atoms with Crippen LogP contribution in [-0.2, 0) is 0 Å². The van der Waals surface area contributed by atoms with E-state index in [2.05, 4.69) is 4.99 Å². The summed E-state index contributed by atoms with van der Waals surface area (Å²) in [5, 5.41) is 9.15. The van der Waals surface area contributed by atoms with Gasteiger partial charge in [0.2, 0.25) is 0 Å². The number of hydrogen-bond acceptors (Lipinski definition) is 3. The molecule has 0 unspecified atom stereocenters. The molecule has 3 N–H and O–H groups in total. The van der Waals surface area contributed by atoms with Gasteiger partial charge in [-0.25, -0.2) is 4.99 Å². The Labute approximate surface area is 158 Å². The van der Waals surface area contributed by atoms with E-state index in [1.54, 1.807) is 42.5 Å². The molecule has 0 aliphatic carbocycles. The highest BCUT2D eigenvalue weighted by Crippen LogP contribution is 2.19. The average molecular weight is 401 g/mol. The topological polar surface area (TPSA) is 79.3 Å². The molecule has 0 fully saturated rings. The van der Waals surface area contributed by atoms with Gasteiger partial charge < -0.3 is 5.73 Å². The summed E-state index contributed by atoms with van der Waals surface area (Å²) in [6, 6.07) is 11.3. The van der Waals surface area contributed by atoms with Crippen molar-refractivity contribution in [1.29, 1.82) is 5.41 Å². The minimum absolute atomic E-state index is 0.0769. The van der Waals surface area contributed by atoms with Crippen LogP contribution in [0.4, 0.5) is 0 Å². The van der Waals surface area contributed by atoms with Crippen molar-refractivity contribution in [2.45, 2.75) is 0 Å². The molecule has 24 heavy (non-hydrogen) atoms. The number of hydrogen-bond donors (Lipinski definition) is 2. The quantitative estimate of drug-likeness (QED) is 0.435. The molecule has 124 valence electrons. The highest BCUT2D eigenvalue weighted by atomic mass is 35.5. The lowest BCUT2D eigenvalue weighted by Gasteiger charge is -2.04. The number of aliphatic imine (C=N–C) groups is 1. The third kappa shape index (κ3) is 5.53. The molecule has 4 nitrogen and oxygen atoms in total. The number of rotatable bonds is 4. The van der Waals surface area contributed by atoms with E-state index in [0.717, 1.165) is 11.8 Å². The zero-order valence-electron chi connectivity index (χ0n) is 12.2. The number of nitrogens with one attached hydrogen (secondary N) is 1. The number of benzene rings is 2. The number of thioether (sulfide) groups is 1. The van der Waals surface area contributed by atoms with Gasteiger partial charge in [-0.2, -0.15) is 0 Å². The fourth-order valence-electron chi connectivity index (χ4n) is 1.76. The number of ketones is 1. The van der Waals surface area contributed by atoms with Crippen LogP contribution in [0.5, 0.6) is 0 Å². The zero-order valence-corrected chi connectivity index (χ0v) is 15.3. The molecule has 0 aliphatic rings. The lowest BCUT2D eigenvalue weighted by molar-refractivity contribution is 0.102. The molecule has 0 aliphatic heterocycles. The maximum atomic E-state index is 12.0. The highest BCUT2D eigenvalue weighted by molar-refractivity contribution is 8.14. The van der Waals surface area contributed by atoms with Gasteiger partial charge in [0.25, 0.3) is 0 Å². The lowest BCUT2D eigenvalue weighted by Crippen LogP contribution is -2.15. The first-order chi connectivity index (χ1) is 11.3. The van der Waals surface area contributed by atoms with E-state index in [4.69, 9.17) is 45.9 Å². The maximum absolute atomic E-state index is 12.0. The third-order valence-corrected chi connectivity index (χ3v) is 4.35. The van der Waals surface area contributed by atoms with Gasteiger partial charge in [-0.05, 0) is 42.5 Å². The molecular formula is C16H12Cl3N3OS. The summed E-state index contributed by atoms with van der Waals surface area (Å²) < 4.78 is 0. The van der Waals surface area contributed by atoms with Crippen molar-refractivity contribution in [3.63, 3.8) is 0 Å². The maximum Gasteiger partial charge on any atom is 0.182 e. The van der Waals surface area contributed by atoms with Gasteiger partial charge in [-0.1, -0.05) is 46.6 Å². The van der Waals surface area contributed by atoms with Crippen molar-refractivity contribution in [1.82, 2.24) is 0 Å². The number of nitrogens with zero attached hydrogens (tertiary/aromatic N) is 1. The summed E-state index contributed by atoms with van der Waals surface area (Å²) in [7, 11) is 0. The van der Waals surface area contributed by atoms with Crippen molar-refractivity contribution >= 4 is 63.4 Å². The number of nitrogens with two attached hydrogens (primary N) is 1. The minimum atomic E-state index is -0.124. The predicted octanol–water partition coefficient (Wildman–Crippen LogP) is 4.90. The number of carbonyl (C=O) groups excluding carboxylic acids is 1. The molecule has 2 rings (SSSR count). The first-order valence-electron chi connectivity index (χ1n) is 6.66. The summed E-state index contributed by atoms with van der Waals surface area (Å²) in [6.07, 6.45) is 0. The van der Waals surface area contributed by atoms with Crippen molar-refractivity contribution in [3.8, 4) is 0 Å². The predicted molar refractivity (Wildman–Crippen MR) is 103 cm³/mol. The summed E-state index contributed by atoms with van der Waals surface area (Å²) in [4.78, 5) is 16.0. The van der Waals surface area contributed by atoms with Crippen LogP contribution in [-0.4, -0.2) is 22.5 Å². The smallest absolute Gasteiger partial charge is 0.182 e. The minimum Gasteiger partial charge on any atom is -0.383 e. The molecule has 2 aromatic carbocycles. The van der Waals surface area contributed by atoms with Gasteiger partial charge in [-0.3, -0.25) is 10.2 Å². The van der Waals surface area contributed by atoms with Crippen LogP contribution < -0.4 is 5.73 Å². The largest absolute Gasteiger partial charge is 0.383 e. The van der Waals surface area contributed by atoms with Crippen LogP contribution in [0.3, 0.4) is 0 Å². The van der Waals surface area contributed by atoms with E-state index < -0.39 is 0 Å².